The average molecular weight is 368 g/mol. The van der Waals surface area contributed by atoms with E-state index in [1.54, 1.807) is 37.5 Å². The lowest BCUT2D eigenvalue weighted by molar-refractivity contribution is 0.104. The van der Waals surface area contributed by atoms with Crippen LogP contribution in [0.25, 0.3) is 6.08 Å². The minimum absolute atomic E-state index is 0.0621. The summed E-state index contributed by atoms with van der Waals surface area (Å²) in [6.45, 7) is 7.42. The van der Waals surface area contributed by atoms with Crippen LogP contribution >= 0.6 is 0 Å². The highest BCUT2D eigenvalue weighted by atomic mass is 16.5. The van der Waals surface area contributed by atoms with Crippen molar-refractivity contribution in [1.82, 2.24) is 0 Å². The van der Waals surface area contributed by atoms with Crippen molar-refractivity contribution in [3.8, 4) is 17.2 Å². The molecule has 2 rings (SSSR count). The first-order valence-electron chi connectivity index (χ1n) is 9.35. The van der Waals surface area contributed by atoms with Gasteiger partial charge in [-0.05, 0) is 67.3 Å². The largest absolute Gasteiger partial charge is 0.497 e. The van der Waals surface area contributed by atoms with Crippen LogP contribution < -0.4 is 14.2 Å². The molecule has 0 amide bonds. The SMILES string of the molecule is CCCOc1cc(/C=C/C(=O)c2ccc(OC)cc2)c(C)c(OCCC)c1. The van der Waals surface area contributed by atoms with Crippen LogP contribution in [-0.4, -0.2) is 26.1 Å². The molecule has 0 bridgehead atoms. The van der Waals surface area contributed by atoms with Gasteiger partial charge >= 0.3 is 0 Å². The van der Waals surface area contributed by atoms with Gasteiger partial charge in [0.25, 0.3) is 0 Å². The van der Waals surface area contributed by atoms with Crippen LogP contribution in [0.15, 0.2) is 42.5 Å². The quantitative estimate of drug-likeness (QED) is 0.412. The number of ketones is 1. The fourth-order valence-electron chi connectivity index (χ4n) is 2.54. The van der Waals surface area contributed by atoms with Crippen LogP contribution in [0.1, 0.15) is 48.2 Å². The first kappa shape index (κ1) is 20.6. The summed E-state index contributed by atoms with van der Waals surface area (Å²) >= 11 is 0. The van der Waals surface area contributed by atoms with E-state index in [2.05, 4.69) is 13.8 Å². The van der Waals surface area contributed by atoms with Crippen LogP contribution in [0.2, 0.25) is 0 Å². The molecule has 0 spiro atoms. The molecule has 0 radical (unpaired) electrons. The van der Waals surface area contributed by atoms with Gasteiger partial charge in [0.15, 0.2) is 5.78 Å². The van der Waals surface area contributed by atoms with Crippen molar-refractivity contribution in [3.05, 3.63) is 59.2 Å². The molecule has 0 aliphatic rings. The number of methoxy groups -OCH3 is 1. The minimum atomic E-state index is -0.0621. The van der Waals surface area contributed by atoms with Gasteiger partial charge in [-0.3, -0.25) is 4.79 Å². The third-order valence-corrected chi connectivity index (χ3v) is 4.10. The van der Waals surface area contributed by atoms with Crippen molar-refractivity contribution in [2.24, 2.45) is 0 Å². The Kier molecular flexibility index (Phi) is 7.93. The van der Waals surface area contributed by atoms with Crippen LogP contribution in [0.4, 0.5) is 0 Å². The fourth-order valence-corrected chi connectivity index (χ4v) is 2.54. The Balaban J connectivity index is 2.25. The maximum Gasteiger partial charge on any atom is 0.185 e. The highest BCUT2D eigenvalue weighted by molar-refractivity contribution is 6.07. The third-order valence-electron chi connectivity index (χ3n) is 4.10. The second-order valence-corrected chi connectivity index (χ2v) is 6.26. The van der Waals surface area contributed by atoms with E-state index >= 15 is 0 Å². The van der Waals surface area contributed by atoms with Gasteiger partial charge in [-0.2, -0.15) is 0 Å². The highest BCUT2D eigenvalue weighted by Crippen LogP contribution is 2.30. The summed E-state index contributed by atoms with van der Waals surface area (Å²) in [5.41, 5.74) is 2.52. The normalized spacial score (nSPS) is 10.8. The number of allylic oxidation sites excluding steroid dienone is 1. The highest BCUT2D eigenvalue weighted by Gasteiger charge is 2.09. The number of carbonyl (C=O) groups is 1. The first-order chi connectivity index (χ1) is 13.1. The minimum Gasteiger partial charge on any atom is -0.497 e. The van der Waals surface area contributed by atoms with Crippen LogP contribution in [0.3, 0.4) is 0 Å². The van der Waals surface area contributed by atoms with Crippen LogP contribution in [-0.2, 0) is 0 Å². The lowest BCUT2D eigenvalue weighted by Crippen LogP contribution is -2.01. The van der Waals surface area contributed by atoms with Crippen molar-refractivity contribution in [1.29, 1.82) is 0 Å². The average Bonchev–Trinajstić information content (AvgIpc) is 2.70. The van der Waals surface area contributed by atoms with Gasteiger partial charge in [0, 0.05) is 11.6 Å². The molecule has 4 heteroatoms. The second-order valence-electron chi connectivity index (χ2n) is 6.26. The molecule has 27 heavy (non-hydrogen) atoms. The Morgan fingerprint density at radius 3 is 2.26 bits per heavy atom. The van der Waals surface area contributed by atoms with Crippen molar-refractivity contribution >= 4 is 11.9 Å². The number of hydrogen-bond donors (Lipinski definition) is 0. The molecular weight excluding hydrogens is 340 g/mol. The summed E-state index contributed by atoms with van der Waals surface area (Å²) in [5.74, 6) is 2.21. The van der Waals surface area contributed by atoms with E-state index in [0.29, 0.717) is 18.8 Å². The summed E-state index contributed by atoms with van der Waals surface area (Å²) in [6.07, 6.45) is 5.26. The zero-order chi connectivity index (χ0) is 19.6. The molecule has 0 heterocycles. The Morgan fingerprint density at radius 1 is 0.963 bits per heavy atom. The summed E-state index contributed by atoms with van der Waals surface area (Å²) in [7, 11) is 1.60. The molecule has 2 aromatic carbocycles. The number of hydrogen-bond acceptors (Lipinski definition) is 4. The monoisotopic (exact) mass is 368 g/mol. The van der Waals surface area contributed by atoms with Crippen molar-refractivity contribution in [3.63, 3.8) is 0 Å². The van der Waals surface area contributed by atoms with Gasteiger partial charge in [0.1, 0.15) is 17.2 Å². The molecule has 4 nitrogen and oxygen atoms in total. The van der Waals surface area contributed by atoms with Crippen molar-refractivity contribution in [2.45, 2.75) is 33.6 Å². The fraction of sp³-hybridized carbons (Fsp3) is 0.348. The van der Waals surface area contributed by atoms with Crippen LogP contribution in [0, 0.1) is 6.92 Å². The molecule has 0 saturated carbocycles. The van der Waals surface area contributed by atoms with E-state index in [-0.39, 0.29) is 5.78 Å². The lowest BCUT2D eigenvalue weighted by atomic mass is 10.0. The number of ether oxygens (including phenoxy) is 3. The summed E-state index contributed by atoms with van der Waals surface area (Å²) < 4.78 is 16.8. The van der Waals surface area contributed by atoms with Gasteiger partial charge in [-0.15, -0.1) is 0 Å². The zero-order valence-electron chi connectivity index (χ0n) is 16.6. The van der Waals surface area contributed by atoms with Gasteiger partial charge in [-0.25, -0.2) is 0 Å². The molecule has 2 aromatic rings. The molecular formula is C23H28O4. The van der Waals surface area contributed by atoms with Crippen molar-refractivity contribution < 1.29 is 19.0 Å². The summed E-state index contributed by atoms with van der Waals surface area (Å²) in [5, 5.41) is 0. The molecule has 0 atom stereocenters. The van der Waals surface area contributed by atoms with Gasteiger partial charge in [0.05, 0.1) is 20.3 Å². The summed E-state index contributed by atoms with van der Waals surface area (Å²) in [6, 6.07) is 10.9. The Bertz CT molecular complexity index is 776. The predicted molar refractivity (Wildman–Crippen MR) is 109 cm³/mol. The maximum atomic E-state index is 12.5. The van der Waals surface area contributed by atoms with E-state index in [4.69, 9.17) is 14.2 Å². The maximum absolute atomic E-state index is 12.5. The van der Waals surface area contributed by atoms with E-state index in [1.165, 1.54) is 0 Å². The molecule has 0 aliphatic carbocycles. The van der Waals surface area contributed by atoms with Gasteiger partial charge < -0.3 is 14.2 Å². The molecule has 0 fully saturated rings. The van der Waals surface area contributed by atoms with E-state index < -0.39 is 0 Å². The molecule has 0 saturated heterocycles. The summed E-state index contributed by atoms with van der Waals surface area (Å²) in [4.78, 5) is 12.5. The lowest BCUT2D eigenvalue weighted by Gasteiger charge is -2.14. The molecule has 0 N–H and O–H groups in total. The standard InChI is InChI=1S/C23H28O4/c1-5-13-26-21-15-19(17(3)23(16-21)27-14-6-2)9-12-22(24)18-7-10-20(25-4)11-8-18/h7-12,15-16H,5-6,13-14H2,1-4H3/b12-9+. The van der Waals surface area contributed by atoms with Crippen molar-refractivity contribution in [2.75, 3.05) is 20.3 Å². The first-order valence-corrected chi connectivity index (χ1v) is 9.35. The Hall–Kier alpha value is -2.75. The molecule has 144 valence electrons. The Labute approximate surface area is 161 Å². The number of benzene rings is 2. The Morgan fingerprint density at radius 2 is 1.63 bits per heavy atom. The van der Waals surface area contributed by atoms with E-state index in [9.17, 15) is 4.79 Å². The topological polar surface area (TPSA) is 44.8 Å². The molecule has 0 unspecified atom stereocenters. The molecule has 0 aromatic heterocycles. The smallest absolute Gasteiger partial charge is 0.185 e. The van der Waals surface area contributed by atoms with E-state index in [1.807, 2.05) is 25.1 Å². The predicted octanol–water partition coefficient (Wildman–Crippen LogP) is 5.48. The number of carbonyl (C=O) groups excluding carboxylic acids is 1. The zero-order valence-corrected chi connectivity index (χ0v) is 16.6. The van der Waals surface area contributed by atoms with Gasteiger partial charge in [-0.1, -0.05) is 19.9 Å². The van der Waals surface area contributed by atoms with E-state index in [0.717, 1.165) is 41.2 Å². The third kappa shape index (κ3) is 5.88. The second kappa shape index (κ2) is 10.4. The number of rotatable bonds is 10. The van der Waals surface area contributed by atoms with Crippen LogP contribution in [0.5, 0.6) is 17.2 Å². The molecule has 0 aliphatic heterocycles. The van der Waals surface area contributed by atoms with Gasteiger partial charge in [0.2, 0.25) is 0 Å².